The third kappa shape index (κ3) is 2.85. The number of hydrogen-bond donors (Lipinski definition) is 3. The van der Waals surface area contributed by atoms with Gasteiger partial charge in [-0.2, -0.15) is 0 Å². The van der Waals surface area contributed by atoms with Crippen LogP contribution in [0.4, 0.5) is 5.82 Å². The number of pyridine rings is 1. The lowest BCUT2D eigenvalue weighted by Gasteiger charge is -2.47. The van der Waals surface area contributed by atoms with E-state index in [4.69, 9.17) is 5.84 Å². The van der Waals surface area contributed by atoms with Crippen LogP contribution < -0.4 is 16.6 Å². The maximum atomic E-state index is 12.1. The number of anilines is 1. The van der Waals surface area contributed by atoms with Gasteiger partial charge in [-0.15, -0.1) is 0 Å². The number of nitrogens with zero attached hydrogens (tertiary/aromatic N) is 2. The first-order valence-electron chi connectivity index (χ1n) is 6.46. The standard InChI is InChI=1S/C13H21N5O/c1-18(2)13(5-3-6-13)9-16-12(19)10-4-7-15-11(8-10)17-14/h4,7-8H,3,5-6,9,14H2,1-2H3,(H,15,17)(H,16,19). The average molecular weight is 263 g/mol. The van der Waals surface area contributed by atoms with Crippen LogP contribution in [0.1, 0.15) is 29.6 Å². The third-order valence-corrected chi connectivity index (χ3v) is 3.98. The Kier molecular flexibility index (Phi) is 4.01. The molecule has 0 aliphatic heterocycles. The molecule has 0 bridgehead atoms. The fourth-order valence-electron chi connectivity index (χ4n) is 2.36. The van der Waals surface area contributed by atoms with Crippen molar-refractivity contribution in [2.24, 2.45) is 5.84 Å². The topological polar surface area (TPSA) is 83.3 Å². The van der Waals surface area contributed by atoms with E-state index in [9.17, 15) is 4.79 Å². The van der Waals surface area contributed by atoms with Crippen molar-refractivity contribution in [3.63, 3.8) is 0 Å². The Hall–Kier alpha value is -1.66. The molecular formula is C13H21N5O. The van der Waals surface area contributed by atoms with Crippen molar-refractivity contribution in [3.05, 3.63) is 23.9 Å². The van der Waals surface area contributed by atoms with Gasteiger partial charge in [-0.25, -0.2) is 10.8 Å². The van der Waals surface area contributed by atoms with Crippen molar-refractivity contribution in [3.8, 4) is 0 Å². The molecular weight excluding hydrogens is 242 g/mol. The number of amides is 1. The maximum absolute atomic E-state index is 12.1. The van der Waals surface area contributed by atoms with E-state index in [2.05, 4.69) is 34.7 Å². The molecule has 6 heteroatoms. The number of nitrogens with one attached hydrogen (secondary N) is 2. The first kappa shape index (κ1) is 13.8. The van der Waals surface area contributed by atoms with Gasteiger partial charge in [0, 0.05) is 23.8 Å². The fourth-order valence-corrected chi connectivity index (χ4v) is 2.36. The van der Waals surface area contributed by atoms with Crippen molar-refractivity contribution >= 4 is 11.7 Å². The third-order valence-electron chi connectivity index (χ3n) is 3.98. The molecule has 1 heterocycles. The van der Waals surface area contributed by atoms with Crippen LogP contribution in [0.2, 0.25) is 0 Å². The Morgan fingerprint density at radius 1 is 1.53 bits per heavy atom. The summed E-state index contributed by atoms with van der Waals surface area (Å²) in [6.07, 6.45) is 5.05. The van der Waals surface area contributed by atoms with Crippen LogP contribution in [0.5, 0.6) is 0 Å². The first-order valence-corrected chi connectivity index (χ1v) is 6.46. The van der Waals surface area contributed by atoms with Crippen molar-refractivity contribution in [1.82, 2.24) is 15.2 Å². The monoisotopic (exact) mass is 263 g/mol. The zero-order valence-electron chi connectivity index (χ0n) is 11.4. The van der Waals surface area contributed by atoms with Gasteiger partial charge in [0.2, 0.25) is 0 Å². The zero-order valence-corrected chi connectivity index (χ0v) is 11.4. The summed E-state index contributed by atoms with van der Waals surface area (Å²) in [5.41, 5.74) is 3.12. The highest BCUT2D eigenvalue weighted by molar-refractivity contribution is 5.94. The lowest BCUT2D eigenvalue weighted by atomic mass is 9.75. The second-order valence-electron chi connectivity index (χ2n) is 5.23. The second kappa shape index (κ2) is 5.54. The number of carbonyl (C=O) groups is 1. The summed E-state index contributed by atoms with van der Waals surface area (Å²) in [6.45, 7) is 0.673. The summed E-state index contributed by atoms with van der Waals surface area (Å²) >= 11 is 0. The fraction of sp³-hybridized carbons (Fsp3) is 0.538. The van der Waals surface area contributed by atoms with Crippen LogP contribution in [0.3, 0.4) is 0 Å². The van der Waals surface area contributed by atoms with Gasteiger partial charge in [-0.05, 0) is 45.5 Å². The number of nitrogen functional groups attached to an aromatic ring is 1. The molecule has 1 aliphatic carbocycles. The Balaban J connectivity index is 1.97. The molecule has 2 rings (SSSR count). The molecule has 19 heavy (non-hydrogen) atoms. The summed E-state index contributed by atoms with van der Waals surface area (Å²) in [6, 6.07) is 3.32. The van der Waals surface area contributed by atoms with Crippen LogP contribution in [0.15, 0.2) is 18.3 Å². The minimum absolute atomic E-state index is 0.0907. The Morgan fingerprint density at radius 3 is 2.79 bits per heavy atom. The Labute approximate surface area is 113 Å². The van der Waals surface area contributed by atoms with E-state index in [1.807, 2.05) is 0 Å². The minimum Gasteiger partial charge on any atom is -0.350 e. The molecule has 1 aromatic rings. The number of carbonyl (C=O) groups excluding carboxylic acids is 1. The van der Waals surface area contributed by atoms with Gasteiger partial charge in [-0.3, -0.25) is 4.79 Å². The van der Waals surface area contributed by atoms with Gasteiger partial charge in [0.25, 0.3) is 5.91 Å². The molecule has 0 radical (unpaired) electrons. The molecule has 0 saturated heterocycles. The van der Waals surface area contributed by atoms with E-state index in [-0.39, 0.29) is 11.4 Å². The van der Waals surface area contributed by atoms with Crippen LogP contribution in [0.25, 0.3) is 0 Å². The first-order chi connectivity index (χ1) is 9.07. The second-order valence-corrected chi connectivity index (χ2v) is 5.23. The van der Waals surface area contributed by atoms with Crippen molar-refractivity contribution in [1.29, 1.82) is 0 Å². The Morgan fingerprint density at radius 2 is 2.26 bits per heavy atom. The summed E-state index contributed by atoms with van der Waals surface area (Å²) < 4.78 is 0. The number of likely N-dealkylation sites (N-methyl/N-ethyl adjacent to an activating group) is 1. The van der Waals surface area contributed by atoms with Gasteiger partial charge in [0.05, 0.1) is 0 Å². The number of rotatable bonds is 5. The molecule has 0 spiro atoms. The van der Waals surface area contributed by atoms with E-state index in [1.54, 1.807) is 18.3 Å². The number of aromatic nitrogens is 1. The minimum atomic E-state index is -0.0907. The average Bonchev–Trinajstić information content (AvgIpc) is 2.37. The Bertz CT molecular complexity index is 456. The normalized spacial score (nSPS) is 16.8. The van der Waals surface area contributed by atoms with Crippen LogP contribution in [-0.2, 0) is 0 Å². The van der Waals surface area contributed by atoms with Crippen LogP contribution in [0, 0.1) is 0 Å². The van der Waals surface area contributed by atoms with Crippen molar-refractivity contribution in [2.75, 3.05) is 26.1 Å². The zero-order chi connectivity index (χ0) is 13.9. The molecule has 1 aromatic heterocycles. The van der Waals surface area contributed by atoms with E-state index in [1.165, 1.54) is 6.42 Å². The predicted molar refractivity (Wildman–Crippen MR) is 74.6 cm³/mol. The van der Waals surface area contributed by atoms with Crippen LogP contribution >= 0.6 is 0 Å². The molecule has 1 amide bonds. The van der Waals surface area contributed by atoms with Gasteiger partial charge in [0.15, 0.2) is 0 Å². The smallest absolute Gasteiger partial charge is 0.251 e. The van der Waals surface area contributed by atoms with Gasteiger partial charge >= 0.3 is 0 Å². The van der Waals surface area contributed by atoms with Gasteiger partial charge in [0.1, 0.15) is 5.82 Å². The summed E-state index contributed by atoms with van der Waals surface area (Å²) in [7, 11) is 4.13. The summed E-state index contributed by atoms with van der Waals surface area (Å²) in [4.78, 5) is 18.3. The predicted octanol–water partition coefficient (Wildman–Crippen LogP) is 0.581. The quantitative estimate of drug-likeness (QED) is 0.535. The highest BCUT2D eigenvalue weighted by Gasteiger charge is 2.39. The van der Waals surface area contributed by atoms with Gasteiger partial charge < -0.3 is 15.6 Å². The molecule has 1 fully saturated rings. The highest BCUT2D eigenvalue weighted by atomic mass is 16.1. The molecule has 6 nitrogen and oxygen atoms in total. The van der Waals surface area contributed by atoms with E-state index in [0.29, 0.717) is 17.9 Å². The van der Waals surface area contributed by atoms with E-state index < -0.39 is 0 Å². The number of nitrogens with two attached hydrogens (primary N) is 1. The molecule has 0 unspecified atom stereocenters. The summed E-state index contributed by atoms with van der Waals surface area (Å²) in [5, 5.41) is 3.00. The maximum Gasteiger partial charge on any atom is 0.251 e. The highest BCUT2D eigenvalue weighted by Crippen LogP contribution is 2.35. The molecule has 1 aliphatic rings. The molecule has 1 saturated carbocycles. The van der Waals surface area contributed by atoms with Crippen molar-refractivity contribution < 1.29 is 4.79 Å². The molecule has 0 atom stereocenters. The van der Waals surface area contributed by atoms with Crippen LogP contribution in [-0.4, -0.2) is 42.0 Å². The lowest BCUT2D eigenvalue weighted by Crippen LogP contribution is -2.57. The van der Waals surface area contributed by atoms with E-state index in [0.717, 1.165) is 12.8 Å². The molecule has 0 aromatic carbocycles. The van der Waals surface area contributed by atoms with E-state index >= 15 is 0 Å². The number of hydrazine groups is 1. The number of hydrogen-bond acceptors (Lipinski definition) is 5. The van der Waals surface area contributed by atoms with Gasteiger partial charge in [-0.1, -0.05) is 0 Å². The summed E-state index contributed by atoms with van der Waals surface area (Å²) in [5.74, 6) is 5.68. The SMILES string of the molecule is CN(C)C1(CNC(=O)c2ccnc(NN)c2)CCC1. The lowest BCUT2D eigenvalue weighted by molar-refractivity contribution is 0.0557. The molecule has 104 valence electrons. The molecule has 4 N–H and O–H groups in total. The largest absolute Gasteiger partial charge is 0.350 e. The van der Waals surface area contributed by atoms with Crippen molar-refractivity contribution in [2.45, 2.75) is 24.8 Å².